The van der Waals surface area contributed by atoms with Crippen LogP contribution in [0.15, 0.2) is 24.3 Å². The van der Waals surface area contributed by atoms with Crippen molar-refractivity contribution in [3.8, 4) is 0 Å². The molecule has 0 spiro atoms. The predicted molar refractivity (Wildman–Crippen MR) is 70.8 cm³/mol. The summed E-state index contributed by atoms with van der Waals surface area (Å²) in [4.78, 5) is 2.49. The van der Waals surface area contributed by atoms with Crippen LogP contribution in [0.25, 0.3) is 0 Å². The van der Waals surface area contributed by atoms with Gasteiger partial charge in [0.05, 0.1) is 0 Å². The van der Waals surface area contributed by atoms with E-state index in [2.05, 4.69) is 36.1 Å². The van der Waals surface area contributed by atoms with Crippen molar-refractivity contribution in [3.05, 3.63) is 35.4 Å². The summed E-state index contributed by atoms with van der Waals surface area (Å²) in [7, 11) is 0. The molecular formula is C15H22N2. The quantitative estimate of drug-likeness (QED) is 0.863. The lowest BCUT2D eigenvalue weighted by molar-refractivity contribution is 0.319. The van der Waals surface area contributed by atoms with Crippen LogP contribution in [0.4, 0.5) is 0 Å². The summed E-state index contributed by atoms with van der Waals surface area (Å²) in [6.07, 6.45) is 2.77. The molecule has 0 bridgehead atoms. The summed E-state index contributed by atoms with van der Waals surface area (Å²) >= 11 is 0. The lowest BCUT2D eigenvalue weighted by Gasteiger charge is -2.15. The fourth-order valence-corrected chi connectivity index (χ4v) is 2.84. The first kappa shape index (κ1) is 11.2. The SMILES string of the molecule is CC1CN(Cc2cccc(C3CC3)c2)CC1N. The average Bonchev–Trinajstić information content (AvgIpc) is 3.08. The predicted octanol–water partition coefficient (Wildman–Crippen LogP) is 2.34. The molecule has 0 aromatic heterocycles. The molecule has 1 saturated carbocycles. The molecule has 0 amide bonds. The third-order valence-corrected chi connectivity index (χ3v) is 4.15. The highest BCUT2D eigenvalue weighted by atomic mass is 15.2. The monoisotopic (exact) mass is 230 g/mol. The summed E-state index contributed by atoms with van der Waals surface area (Å²) in [5, 5.41) is 0. The average molecular weight is 230 g/mol. The zero-order valence-corrected chi connectivity index (χ0v) is 10.6. The van der Waals surface area contributed by atoms with Gasteiger partial charge in [0.2, 0.25) is 0 Å². The molecule has 2 atom stereocenters. The van der Waals surface area contributed by atoms with Crippen LogP contribution in [0.2, 0.25) is 0 Å². The molecule has 0 radical (unpaired) electrons. The van der Waals surface area contributed by atoms with Gasteiger partial charge < -0.3 is 5.73 Å². The third-order valence-electron chi connectivity index (χ3n) is 4.15. The van der Waals surface area contributed by atoms with Crippen molar-refractivity contribution >= 4 is 0 Å². The van der Waals surface area contributed by atoms with Crippen LogP contribution >= 0.6 is 0 Å². The van der Waals surface area contributed by atoms with E-state index < -0.39 is 0 Å². The first-order valence-electron chi connectivity index (χ1n) is 6.79. The van der Waals surface area contributed by atoms with Gasteiger partial charge in [0.1, 0.15) is 0 Å². The number of likely N-dealkylation sites (tertiary alicyclic amines) is 1. The molecule has 2 unspecified atom stereocenters. The first-order chi connectivity index (χ1) is 8.22. The maximum absolute atomic E-state index is 6.07. The molecule has 1 aromatic carbocycles. The van der Waals surface area contributed by atoms with Gasteiger partial charge in [-0.15, -0.1) is 0 Å². The van der Waals surface area contributed by atoms with Crippen molar-refractivity contribution in [2.24, 2.45) is 11.7 Å². The summed E-state index contributed by atoms with van der Waals surface area (Å²) in [6, 6.07) is 9.50. The fraction of sp³-hybridized carbons (Fsp3) is 0.600. The second-order valence-corrected chi connectivity index (χ2v) is 5.85. The number of nitrogens with zero attached hydrogens (tertiary/aromatic N) is 1. The molecule has 1 aromatic rings. The Labute approximate surface area is 104 Å². The van der Waals surface area contributed by atoms with Crippen LogP contribution in [-0.2, 0) is 6.54 Å². The minimum Gasteiger partial charge on any atom is -0.326 e. The highest BCUT2D eigenvalue weighted by molar-refractivity contribution is 5.29. The van der Waals surface area contributed by atoms with Crippen LogP contribution in [0.3, 0.4) is 0 Å². The van der Waals surface area contributed by atoms with Crippen LogP contribution in [0.5, 0.6) is 0 Å². The molecule has 92 valence electrons. The second-order valence-electron chi connectivity index (χ2n) is 5.85. The van der Waals surface area contributed by atoms with E-state index in [9.17, 15) is 0 Å². The molecular weight excluding hydrogens is 208 g/mol. The Morgan fingerprint density at radius 2 is 2.12 bits per heavy atom. The van der Waals surface area contributed by atoms with E-state index in [1.807, 2.05) is 0 Å². The van der Waals surface area contributed by atoms with Gasteiger partial charge in [0.15, 0.2) is 0 Å². The lowest BCUT2D eigenvalue weighted by Crippen LogP contribution is -2.28. The highest BCUT2D eigenvalue weighted by Crippen LogP contribution is 2.40. The summed E-state index contributed by atoms with van der Waals surface area (Å²) in [6.45, 7) is 5.52. The Balaban J connectivity index is 1.66. The molecule has 2 aliphatic rings. The van der Waals surface area contributed by atoms with Crippen molar-refractivity contribution in [3.63, 3.8) is 0 Å². The zero-order chi connectivity index (χ0) is 11.8. The van der Waals surface area contributed by atoms with E-state index in [0.717, 1.165) is 25.6 Å². The van der Waals surface area contributed by atoms with E-state index in [1.165, 1.54) is 18.4 Å². The Morgan fingerprint density at radius 3 is 2.76 bits per heavy atom. The van der Waals surface area contributed by atoms with Crippen molar-refractivity contribution in [2.45, 2.75) is 38.3 Å². The van der Waals surface area contributed by atoms with Crippen molar-refractivity contribution in [1.82, 2.24) is 4.90 Å². The third kappa shape index (κ3) is 2.53. The fourth-order valence-electron chi connectivity index (χ4n) is 2.84. The molecule has 17 heavy (non-hydrogen) atoms. The number of rotatable bonds is 3. The van der Waals surface area contributed by atoms with Gasteiger partial charge in [-0.3, -0.25) is 4.90 Å². The molecule has 2 nitrogen and oxygen atoms in total. The first-order valence-corrected chi connectivity index (χ1v) is 6.79. The number of hydrogen-bond donors (Lipinski definition) is 1. The van der Waals surface area contributed by atoms with E-state index >= 15 is 0 Å². The topological polar surface area (TPSA) is 29.3 Å². The van der Waals surface area contributed by atoms with Gasteiger partial charge in [-0.25, -0.2) is 0 Å². The minimum absolute atomic E-state index is 0.363. The Bertz CT molecular complexity index is 388. The van der Waals surface area contributed by atoms with Gasteiger partial charge in [-0.1, -0.05) is 31.2 Å². The summed E-state index contributed by atoms with van der Waals surface area (Å²) < 4.78 is 0. The van der Waals surface area contributed by atoms with E-state index in [1.54, 1.807) is 5.56 Å². The van der Waals surface area contributed by atoms with E-state index in [0.29, 0.717) is 12.0 Å². The van der Waals surface area contributed by atoms with Gasteiger partial charge in [0.25, 0.3) is 0 Å². The molecule has 3 rings (SSSR count). The Morgan fingerprint density at radius 1 is 1.29 bits per heavy atom. The van der Waals surface area contributed by atoms with E-state index in [-0.39, 0.29) is 0 Å². The van der Waals surface area contributed by atoms with Gasteiger partial charge >= 0.3 is 0 Å². The summed E-state index contributed by atoms with van der Waals surface area (Å²) in [5.74, 6) is 1.50. The van der Waals surface area contributed by atoms with Crippen molar-refractivity contribution < 1.29 is 0 Å². The molecule has 2 fully saturated rings. The van der Waals surface area contributed by atoms with Crippen molar-refractivity contribution in [2.75, 3.05) is 13.1 Å². The lowest BCUT2D eigenvalue weighted by atomic mass is 10.1. The number of benzene rings is 1. The maximum atomic E-state index is 6.07. The molecule has 1 aliphatic heterocycles. The normalized spacial score (nSPS) is 29.8. The minimum atomic E-state index is 0.363. The molecule has 1 heterocycles. The van der Waals surface area contributed by atoms with Crippen LogP contribution in [0, 0.1) is 5.92 Å². The maximum Gasteiger partial charge on any atom is 0.0234 e. The van der Waals surface area contributed by atoms with Gasteiger partial charge in [-0.05, 0) is 35.8 Å². The van der Waals surface area contributed by atoms with Gasteiger partial charge in [-0.2, -0.15) is 0 Å². The van der Waals surface area contributed by atoms with Crippen LogP contribution in [-0.4, -0.2) is 24.0 Å². The Kier molecular flexibility index (Phi) is 2.93. The number of nitrogens with two attached hydrogens (primary N) is 1. The number of hydrogen-bond acceptors (Lipinski definition) is 2. The molecule has 2 heteroatoms. The van der Waals surface area contributed by atoms with Gasteiger partial charge in [0, 0.05) is 25.7 Å². The molecule has 2 N–H and O–H groups in total. The molecule has 1 saturated heterocycles. The zero-order valence-electron chi connectivity index (χ0n) is 10.6. The van der Waals surface area contributed by atoms with Crippen molar-refractivity contribution in [1.29, 1.82) is 0 Å². The molecule has 1 aliphatic carbocycles. The van der Waals surface area contributed by atoms with Crippen LogP contribution < -0.4 is 5.73 Å². The smallest absolute Gasteiger partial charge is 0.0234 e. The van der Waals surface area contributed by atoms with Crippen LogP contribution in [0.1, 0.15) is 36.8 Å². The standard InChI is InChI=1S/C15H22N2/c1-11-8-17(10-15(11)16)9-12-3-2-4-14(7-12)13-5-6-13/h2-4,7,11,13,15H,5-6,8-10,16H2,1H3. The highest BCUT2D eigenvalue weighted by Gasteiger charge is 2.27. The Hall–Kier alpha value is -0.860. The largest absolute Gasteiger partial charge is 0.326 e. The second kappa shape index (κ2) is 4.43. The van der Waals surface area contributed by atoms with E-state index in [4.69, 9.17) is 5.73 Å². The summed E-state index contributed by atoms with van der Waals surface area (Å²) in [5.41, 5.74) is 9.06.